The summed E-state index contributed by atoms with van der Waals surface area (Å²) < 4.78 is 28.0. The van der Waals surface area contributed by atoms with E-state index in [1.54, 1.807) is 11.9 Å². The Labute approximate surface area is 187 Å². The summed E-state index contributed by atoms with van der Waals surface area (Å²) in [7, 11) is 1.64. The van der Waals surface area contributed by atoms with Crippen LogP contribution in [0.3, 0.4) is 0 Å². The number of anilines is 1. The number of amides is 1. The highest BCUT2D eigenvalue weighted by atomic mass is 127. The van der Waals surface area contributed by atoms with Crippen molar-refractivity contribution in [2.24, 2.45) is 4.99 Å². The first-order valence-electron chi connectivity index (χ1n) is 10.0. The number of para-hydroxylation sites is 1. The van der Waals surface area contributed by atoms with Crippen LogP contribution in [-0.4, -0.2) is 50.6 Å². The van der Waals surface area contributed by atoms with E-state index in [1.807, 2.05) is 0 Å². The van der Waals surface area contributed by atoms with E-state index in [0.29, 0.717) is 19.0 Å². The lowest BCUT2D eigenvalue weighted by Gasteiger charge is -2.23. The Hall–Kier alpha value is -1.65. The van der Waals surface area contributed by atoms with E-state index in [9.17, 15) is 13.6 Å². The molecule has 3 rings (SSSR count). The standard InChI is InChI=1S/C20H29F2N5O.HI/c1-23-20(24-12-18(28)25-14-6-3-2-4-7-14)26-15-10-11-27(13-15)19-16(21)8-5-9-17(19)22;/h5,8-9,14-15H,2-4,6-7,10-13H2,1H3,(H,25,28)(H2,23,24,26);1H. The van der Waals surface area contributed by atoms with Gasteiger partial charge in [-0.3, -0.25) is 9.79 Å². The molecule has 1 aliphatic heterocycles. The van der Waals surface area contributed by atoms with Crippen LogP contribution in [0.25, 0.3) is 0 Å². The summed E-state index contributed by atoms with van der Waals surface area (Å²) in [5.74, 6) is -0.638. The van der Waals surface area contributed by atoms with Crippen LogP contribution >= 0.6 is 24.0 Å². The Morgan fingerprint density at radius 1 is 1.10 bits per heavy atom. The molecule has 6 nitrogen and oxygen atoms in total. The molecule has 1 heterocycles. The van der Waals surface area contributed by atoms with Crippen LogP contribution in [0, 0.1) is 11.6 Å². The highest BCUT2D eigenvalue weighted by Crippen LogP contribution is 2.26. The SMILES string of the molecule is CN=C(NCC(=O)NC1CCCCC1)NC1CCN(c2c(F)cccc2F)C1.I. The number of halogens is 3. The lowest BCUT2D eigenvalue weighted by molar-refractivity contribution is -0.120. The number of aliphatic imine (C=N–C) groups is 1. The zero-order chi connectivity index (χ0) is 19.9. The molecule has 0 spiro atoms. The van der Waals surface area contributed by atoms with Crippen LogP contribution in [0.5, 0.6) is 0 Å². The first-order chi connectivity index (χ1) is 13.6. The van der Waals surface area contributed by atoms with Crippen molar-refractivity contribution in [2.75, 3.05) is 31.6 Å². The van der Waals surface area contributed by atoms with Crippen molar-refractivity contribution in [3.05, 3.63) is 29.8 Å². The predicted octanol–water partition coefficient (Wildman–Crippen LogP) is 2.78. The predicted molar refractivity (Wildman–Crippen MR) is 122 cm³/mol. The Kier molecular flexibility index (Phi) is 9.38. The fraction of sp³-hybridized carbons (Fsp3) is 0.600. The Balaban J connectivity index is 0.00000300. The van der Waals surface area contributed by atoms with Crippen molar-refractivity contribution < 1.29 is 13.6 Å². The van der Waals surface area contributed by atoms with Crippen molar-refractivity contribution in [2.45, 2.75) is 50.6 Å². The number of nitrogens with zero attached hydrogens (tertiary/aromatic N) is 2. The molecule has 2 aliphatic rings. The minimum Gasteiger partial charge on any atom is -0.365 e. The summed E-state index contributed by atoms with van der Waals surface area (Å²) in [4.78, 5) is 18.0. The van der Waals surface area contributed by atoms with E-state index < -0.39 is 11.6 Å². The van der Waals surface area contributed by atoms with Crippen molar-refractivity contribution in [3.63, 3.8) is 0 Å². The maximum absolute atomic E-state index is 14.0. The second-order valence-electron chi connectivity index (χ2n) is 7.47. The smallest absolute Gasteiger partial charge is 0.239 e. The lowest BCUT2D eigenvalue weighted by atomic mass is 9.95. The molecule has 3 N–H and O–H groups in total. The van der Waals surface area contributed by atoms with Gasteiger partial charge >= 0.3 is 0 Å². The van der Waals surface area contributed by atoms with Gasteiger partial charge in [-0.05, 0) is 31.4 Å². The molecular formula is C20H30F2IN5O. The van der Waals surface area contributed by atoms with Crippen LogP contribution in [0.15, 0.2) is 23.2 Å². The minimum absolute atomic E-state index is 0. The van der Waals surface area contributed by atoms with Gasteiger partial charge in [-0.2, -0.15) is 0 Å². The Morgan fingerprint density at radius 2 is 1.79 bits per heavy atom. The molecule has 1 aliphatic carbocycles. The average Bonchev–Trinajstić information content (AvgIpc) is 3.14. The summed E-state index contributed by atoms with van der Waals surface area (Å²) in [5, 5.41) is 9.32. The van der Waals surface area contributed by atoms with Gasteiger partial charge in [-0.25, -0.2) is 8.78 Å². The van der Waals surface area contributed by atoms with Crippen molar-refractivity contribution >= 4 is 41.5 Å². The molecule has 0 bridgehead atoms. The lowest BCUT2D eigenvalue weighted by Crippen LogP contribution is -2.49. The minimum atomic E-state index is -0.553. The third-order valence-electron chi connectivity index (χ3n) is 5.39. The first-order valence-corrected chi connectivity index (χ1v) is 10.0. The molecule has 162 valence electrons. The summed E-state index contributed by atoms with van der Waals surface area (Å²) in [6.07, 6.45) is 6.40. The number of hydrogen-bond acceptors (Lipinski definition) is 3. The summed E-state index contributed by atoms with van der Waals surface area (Å²) in [6.45, 7) is 1.16. The summed E-state index contributed by atoms with van der Waals surface area (Å²) in [5.41, 5.74) is 0.0154. The van der Waals surface area contributed by atoms with Gasteiger partial charge in [0.15, 0.2) is 5.96 Å². The van der Waals surface area contributed by atoms with Gasteiger partial charge in [-0.15, -0.1) is 24.0 Å². The van der Waals surface area contributed by atoms with Gasteiger partial charge in [0, 0.05) is 32.2 Å². The number of benzene rings is 1. The average molecular weight is 521 g/mol. The van der Waals surface area contributed by atoms with E-state index in [2.05, 4.69) is 20.9 Å². The topological polar surface area (TPSA) is 68.8 Å². The Morgan fingerprint density at radius 3 is 2.45 bits per heavy atom. The molecule has 1 amide bonds. The molecule has 29 heavy (non-hydrogen) atoms. The molecule has 2 fully saturated rings. The number of rotatable bonds is 5. The highest BCUT2D eigenvalue weighted by molar-refractivity contribution is 14.0. The number of hydrogen-bond donors (Lipinski definition) is 3. The van der Waals surface area contributed by atoms with E-state index in [4.69, 9.17) is 0 Å². The zero-order valence-corrected chi connectivity index (χ0v) is 19.0. The number of carbonyl (C=O) groups excluding carboxylic acids is 1. The quantitative estimate of drug-likeness (QED) is 0.317. The fourth-order valence-corrected chi connectivity index (χ4v) is 3.95. The van der Waals surface area contributed by atoms with Gasteiger partial charge in [0.2, 0.25) is 5.91 Å². The van der Waals surface area contributed by atoms with Crippen molar-refractivity contribution in [1.82, 2.24) is 16.0 Å². The molecule has 1 atom stereocenters. The second-order valence-corrected chi connectivity index (χ2v) is 7.47. The molecule has 1 unspecified atom stereocenters. The fourth-order valence-electron chi connectivity index (χ4n) is 3.95. The van der Waals surface area contributed by atoms with Gasteiger partial charge in [0.05, 0.1) is 6.54 Å². The zero-order valence-electron chi connectivity index (χ0n) is 16.7. The number of guanidine groups is 1. The van der Waals surface area contributed by atoms with E-state index in [-0.39, 0.29) is 54.2 Å². The van der Waals surface area contributed by atoms with Gasteiger partial charge in [0.25, 0.3) is 0 Å². The van der Waals surface area contributed by atoms with Crippen LogP contribution < -0.4 is 20.9 Å². The van der Waals surface area contributed by atoms with E-state index >= 15 is 0 Å². The first kappa shape index (κ1) is 23.6. The third-order valence-corrected chi connectivity index (χ3v) is 5.39. The van der Waals surface area contributed by atoms with Crippen molar-refractivity contribution in [3.8, 4) is 0 Å². The monoisotopic (exact) mass is 521 g/mol. The van der Waals surface area contributed by atoms with Gasteiger partial charge in [0.1, 0.15) is 17.3 Å². The second kappa shape index (κ2) is 11.5. The maximum Gasteiger partial charge on any atom is 0.239 e. The third kappa shape index (κ3) is 6.68. The van der Waals surface area contributed by atoms with Crippen LogP contribution in [0.1, 0.15) is 38.5 Å². The molecule has 9 heteroatoms. The Bertz CT molecular complexity index is 692. The largest absolute Gasteiger partial charge is 0.365 e. The number of nitrogens with one attached hydrogen (secondary N) is 3. The summed E-state index contributed by atoms with van der Waals surface area (Å²) in [6, 6.07) is 4.17. The molecule has 1 saturated heterocycles. The normalized spacial score (nSPS) is 20.2. The molecule has 1 aromatic carbocycles. The van der Waals surface area contributed by atoms with Crippen LogP contribution in [-0.2, 0) is 4.79 Å². The molecule has 1 aromatic rings. The van der Waals surface area contributed by atoms with Gasteiger partial charge < -0.3 is 20.9 Å². The van der Waals surface area contributed by atoms with Crippen molar-refractivity contribution in [1.29, 1.82) is 0 Å². The van der Waals surface area contributed by atoms with Crippen LogP contribution in [0.4, 0.5) is 14.5 Å². The molecule has 1 saturated carbocycles. The highest BCUT2D eigenvalue weighted by Gasteiger charge is 2.27. The molecule has 0 aromatic heterocycles. The van der Waals surface area contributed by atoms with Gasteiger partial charge in [-0.1, -0.05) is 25.3 Å². The molecular weight excluding hydrogens is 491 g/mol. The molecule has 0 radical (unpaired) electrons. The van der Waals surface area contributed by atoms with E-state index in [0.717, 1.165) is 19.3 Å². The maximum atomic E-state index is 14.0. The van der Waals surface area contributed by atoms with E-state index in [1.165, 1.54) is 37.5 Å². The number of carbonyl (C=O) groups is 1. The van der Waals surface area contributed by atoms with Crippen LogP contribution in [0.2, 0.25) is 0 Å². The summed E-state index contributed by atoms with van der Waals surface area (Å²) >= 11 is 0.